The largest absolute Gasteiger partial charge is 0.497 e. The molecule has 4 aromatic rings. The average Bonchev–Trinajstić information content (AvgIpc) is 3.04. The van der Waals surface area contributed by atoms with E-state index < -0.39 is 5.69 Å². The number of aromatic nitrogens is 2. The number of nitrogens with zero attached hydrogens (tertiary/aromatic N) is 1. The fourth-order valence-corrected chi connectivity index (χ4v) is 4.46. The number of methoxy groups -OCH3 is 2. The first-order valence-corrected chi connectivity index (χ1v) is 9.43. The van der Waals surface area contributed by atoms with Gasteiger partial charge in [0.05, 0.1) is 25.3 Å². The summed E-state index contributed by atoms with van der Waals surface area (Å²) in [5.74, 6) is 1.21. The van der Waals surface area contributed by atoms with E-state index in [1.165, 1.54) is 18.4 Å². The third-order valence-corrected chi connectivity index (χ3v) is 5.92. The van der Waals surface area contributed by atoms with Crippen molar-refractivity contribution in [3.05, 3.63) is 74.9 Å². The number of fused-ring (bicyclic) bond motifs is 1. The zero-order chi connectivity index (χ0) is 19.8. The molecule has 0 unspecified atom stereocenters. The van der Waals surface area contributed by atoms with Crippen molar-refractivity contribution in [2.24, 2.45) is 0 Å². The van der Waals surface area contributed by atoms with Gasteiger partial charge in [0.15, 0.2) is 0 Å². The molecule has 0 spiro atoms. The van der Waals surface area contributed by atoms with Crippen LogP contribution in [0.2, 0.25) is 0 Å². The van der Waals surface area contributed by atoms with Gasteiger partial charge in [0.25, 0.3) is 5.56 Å². The maximum Gasteiger partial charge on any atom is 0.334 e. The van der Waals surface area contributed by atoms with Crippen molar-refractivity contribution in [3.63, 3.8) is 0 Å². The maximum absolute atomic E-state index is 13.3. The number of hydrogen-bond acceptors (Lipinski definition) is 5. The zero-order valence-corrected chi connectivity index (χ0v) is 16.4. The summed E-state index contributed by atoms with van der Waals surface area (Å²) in [5.41, 5.74) is 1.34. The molecule has 6 nitrogen and oxygen atoms in total. The quantitative estimate of drug-likeness (QED) is 0.572. The molecule has 0 atom stereocenters. The monoisotopic (exact) mass is 394 g/mol. The SMILES string of the molecule is COc1ccc(-c2sc3[nH]c(=O)n(-c4ccccc4OC)c(=O)c3c2C)cc1. The Morgan fingerprint density at radius 3 is 2.36 bits per heavy atom. The van der Waals surface area contributed by atoms with Crippen LogP contribution in [-0.4, -0.2) is 23.8 Å². The summed E-state index contributed by atoms with van der Waals surface area (Å²) in [6.07, 6.45) is 0. The molecule has 142 valence electrons. The molecule has 2 heterocycles. The Morgan fingerprint density at radius 2 is 1.68 bits per heavy atom. The average molecular weight is 394 g/mol. The summed E-state index contributed by atoms with van der Waals surface area (Å²) < 4.78 is 11.7. The van der Waals surface area contributed by atoms with Gasteiger partial charge in [-0.2, -0.15) is 0 Å². The van der Waals surface area contributed by atoms with Crippen molar-refractivity contribution in [2.45, 2.75) is 6.92 Å². The molecule has 0 saturated heterocycles. The Bertz CT molecular complexity index is 1280. The van der Waals surface area contributed by atoms with Gasteiger partial charge in [0, 0.05) is 4.88 Å². The van der Waals surface area contributed by atoms with E-state index in [9.17, 15) is 9.59 Å². The molecule has 7 heteroatoms. The summed E-state index contributed by atoms with van der Waals surface area (Å²) in [7, 11) is 3.12. The molecule has 0 aliphatic carbocycles. The van der Waals surface area contributed by atoms with E-state index in [1.807, 2.05) is 31.2 Å². The molecular weight excluding hydrogens is 376 g/mol. The first-order valence-electron chi connectivity index (χ1n) is 8.61. The van der Waals surface area contributed by atoms with E-state index in [0.29, 0.717) is 21.7 Å². The van der Waals surface area contributed by atoms with E-state index in [2.05, 4.69) is 4.98 Å². The van der Waals surface area contributed by atoms with E-state index in [0.717, 1.165) is 26.3 Å². The number of rotatable bonds is 4. The van der Waals surface area contributed by atoms with Crippen molar-refractivity contribution < 1.29 is 9.47 Å². The molecule has 2 aromatic heterocycles. The second-order valence-corrected chi connectivity index (χ2v) is 7.25. The molecule has 28 heavy (non-hydrogen) atoms. The minimum absolute atomic E-state index is 0.364. The molecule has 0 bridgehead atoms. The van der Waals surface area contributed by atoms with Crippen LogP contribution in [0.15, 0.2) is 58.1 Å². The van der Waals surface area contributed by atoms with Gasteiger partial charge in [-0.1, -0.05) is 12.1 Å². The van der Waals surface area contributed by atoms with Crippen molar-refractivity contribution in [1.29, 1.82) is 0 Å². The van der Waals surface area contributed by atoms with Gasteiger partial charge in [-0.05, 0) is 54.4 Å². The highest BCUT2D eigenvalue weighted by molar-refractivity contribution is 7.22. The Morgan fingerprint density at radius 1 is 0.964 bits per heavy atom. The van der Waals surface area contributed by atoms with Gasteiger partial charge in [0.1, 0.15) is 16.3 Å². The molecule has 4 rings (SSSR count). The lowest BCUT2D eigenvalue weighted by molar-refractivity contribution is 0.412. The summed E-state index contributed by atoms with van der Waals surface area (Å²) in [4.78, 5) is 30.3. The van der Waals surface area contributed by atoms with Gasteiger partial charge < -0.3 is 9.47 Å². The fourth-order valence-electron chi connectivity index (χ4n) is 3.27. The topological polar surface area (TPSA) is 73.3 Å². The minimum Gasteiger partial charge on any atom is -0.497 e. The van der Waals surface area contributed by atoms with Gasteiger partial charge in [-0.3, -0.25) is 9.78 Å². The Labute approximate surface area is 164 Å². The molecule has 2 aromatic carbocycles. The Balaban J connectivity index is 1.98. The van der Waals surface area contributed by atoms with Crippen LogP contribution in [0.25, 0.3) is 26.3 Å². The number of H-pyrrole nitrogens is 1. The number of aryl methyl sites for hydroxylation is 1. The molecular formula is C21H18N2O4S. The van der Waals surface area contributed by atoms with Crippen LogP contribution in [0.4, 0.5) is 0 Å². The number of thiophene rings is 1. The zero-order valence-electron chi connectivity index (χ0n) is 15.6. The minimum atomic E-state index is -0.496. The first-order chi connectivity index (χ1) is 13.5. The van der Waals surface area contributed by atoms with Crippen LogP contribution < -0.4 is 20.7 Å². The molecule has 0 fully saturated rings. The van der Waals surface area contributed by atoms with Crippen LogP contribution in [0, 0.1) is 6.92 Å². The predicted octanol–water partition coefficient (Wildman–Crippen LogP) is 3.73. The van der Waals surface area contributed by atoms with Gasteiger partial charge in [-0.25, -0.2) is 9.36 Å². The Hall–Kier alpha value is -3.32. The summed E-state index contributed by atoms with van der Waals surface area (Å²) in [6, 6.07) is 14.6. The van der Waals surface area contributed by atoms with Crippen molar-refractivity contribution >= 4 is 21.6 Å². The molecule has 0 amide bonds. The number of ether oxygens (including phenoxy) is 2. The van der Waals surface area contributed by atoms with Crippen molar-refractivity contribution in [1.82, 2.24) is 9.55 Å². The second-order valence-electron chi connectivity index (χ2n) is 6.23. The molecule has 0 aliphatic heterocycles. The highest BCUT2D eigenvalue weighted by Gasteiger charge is 2.19. The third-order valence-electron chi connectivity index (χ3n) is 4.67. The van der Waals surface area contributed by atoms with Gasteiger partial charge in [-0.15, -0.1) is 11.3 Å². The standard InChI is InChI=1S/C21H18N2O4S/c1-12-17-19(28-18(12)13-8-10-14(26-2)11-9-13)22-21(25)23(20(17)24)15-6-4-5-7-16(15)27-3/h4-11H,1-3H3,(H,22,25). The molecule has 0 radical (unpaired) electrons. The lowest BCUT2D eigenvalue weighted by Crippen LogP contribution is -2.33. The highest BCUT2D eigenvalue weighted by atomic mass is 32.1. The summed E-state index contributed by atoms with van der Waals surface area (Å²) in [6.45, 7) is 1.89. The van der Waals surface area contributed by atoms with Crippen LogP contribution in [0.3, 0.4) is 0 Å². The maximum atomic E-state index is 13.3. The lowest BCUT2D eigenvalue weighted by Gasteiger charge is -2.09. The van der Waals surface area contributed by atoms with Crippen molar-refractivity contribution in [2.75, 3.05) is 14.2 Å². The second kappa shape index (κ2) is 7.01. The number of benzene rings is 2. The van der Waals surface area contributed by atoms with Crippen LogP contribution >= 0.6 is 11.3 Å². The van der Waals surface area contributed by atoms with Crippen LogP contribution in [-0.2, 0) is 0 Å². The molecule has 0 saturated carbocycles. The molecule has 1 N–H and O–H groups in total. The summed E-state index contributed by atoms with van der Waals surface area (Å²) >= 11 is 1.39. The van der Waals surface area contributed by atoms with Gasteiger partial charge in [0.2, 0.25) is 0 Å². The lowest BCUT2D eigenvalue weighted by atomic mass is 10.1. The number of aromatic amines is 1. The predicted molar refractivity (Wildman–Crippen MR) is 111 cm³/mol. The fraction of sp³-hybridized carbons (Fsp3) is 0.143. The Kier molecular flexibility index (Phi) is 4.52. The van der Waals surface area contributed by atoms with E-state index in [4.69, 9.17) is 9.47 Å². The summed E-state index contributed by atoms with van der Waals surface area (Å²) in [5, 5.41) is 0.501. The van der Waals surface area contributed by atoms with Crippen LogP contribution in [0.5, 0.6) is 11.5 Å². The smallest absolute Gasteiger partial charge is 0.334 e. The number of nitrogens with one attached hydrogen (secondary N) is 1. The van der Waals surface area contributed by atoms with Crippen LogP contribution in [0.1, 0.15) is 5.56 Å². The number of hydrogen-bond donors (Lipinski definition) is 1. The molecule has 0 aliphatic rings. The van der Waals surface area contributed by atoms with E-state index in [-0.39, 0.29) is 5.56 Å². The normalized spacial score (nSPS) is 11.0. The highest BCUT2D eigenvalue weighted by Crippen LogP contribution is 2.36. The van der Waals surface area contributed by atoms with E-state index >= 15 is 0 Å². The first kappa shape index (κ1) is 18.1. The van der Waals surface area contributed by atoms with Crippen molar-refractivity contribution in [3.8, 4) is 27.6 Å². The number of para-hydroxylation sites is 2. The third kappa shape index (κ3) is 2.80. The van der Waals surface area contributed by atoms with E-state index in [1.54, 1.807) is 31.4 Å². The van der Waals surface area contributed by atoms with Gasteiger partial charge >= 0.3 is 5.69 Å².